The molecule has 0 radical (unpaired) electrons. The fourth-order valence-electron chi connectivity index (χ4n) is 5.83. The number of hydrogen-bond donors (Lipinski definition) is 1. The van der Waals surface area contributed by atoms with Crippen molar-refractivity contribution in [1.82, 2.24) is 3.05 Å². The van der Waals surface area contributed by atoms with Crippen LogP contribution in [-0.2, 0) is 27.4 Å². The second-order valence-corrected chi connectivity index (χ2v) is 17.2. The summed E-state index contributed by atoms with van der Waals surface area (Å²) < 4.78 is 34.1. The molecule has 0 fully saturated rings. The number of aryl methyl sites for hydroxylation is 3. The van der Waals surface area contributed by atoms with Gasteiger partial charge in [-0.2, -0.15) is 0 Å². The Kier molecular flexibility index (Phi) is 11.1. The van der Waals surface area contributed by atoms with E-state index in [2.05, 4.69) is 86.6 Å². The molecule has 4 rings (SSSR count). The first-order valence-corrected chi connectivity index (χ1v) is 18.6. The number of hydrogen-bond acceptors (Lipinski definition) is 3. The van der Waals surface area contributed by atoms with Crippen LogP contribution in [0.4, 0.5) is 0 Å². The summed E-state index contributed by atoms with van der Waals surface area (Å²) in [6.45, 7) is 19.0. The van der Waals surface area contributed by atoms with Gasteiger partial charge in [-0.25, -0.2) is 0 Å². The van der Waals surface area contributed by atoms with E-state index < -0.39 is 39.5 Å². The molecule has 0 bridgehead atoms. The van der Waals surface area contributed by atoms with Crippen molar-refractivity contribution in [2.45, 2.75) is 97.0 Å². The zero-order chi connectivity index (χ0) is 32.3. The summed E-state index contributed by atoms with van der Waals surface area (Å²) in [6.07, 6.45) is 0. The molecule has 2 unspecified atom stereocenters. The Morgan fingerprint density at radius 2 is 1.09 bits per heavy atom. The van der Waals surface area contributed by atoms with Crippen molar-refractivity contribution in [1.29, 1.82) is 0 Å². The van der Waals surface area contributed by atoms with Crippen molar-refractivity contribution >= 4 is 14.2 Å². The van der Waals surface area contributed by atoms with Crippen molar-refractivity contribution in [3.63, 3.8) is 0 Å². The summed E-state index contributed by atoms with van der Waals surface area (Å²) in [5, 5.41) is 0. The second-order valence-electron chi connectivity index (χ2n) is 12.8. The van der Waals surface area contributed by atoms with Crippen LogP contribution in [0.2, 0.25) is 0 Å². The zero-order valence-electron chi connectivity index (χ0n) is 27.6. The summed E-state index contributed by atoms with van der Waals surface area (Å²) in [6, 6.07) is 27.2. The molecule has 0 amide bonds. The molecule has 0 saturated heterocycles. The normalized spacial score (nSPS) is 13.8. The molecule has 0 heterocycles. The number of benzene rings is 4. The third-order valence-corrected chi connectivity index (χ3v) is 14.1. The molecule has 6 heteroatoms. The second kappa shape index (κ2) is 14.2. The number of sulfonamides is 1. The van der Waals surface area contributed by atoms with Gasteiger partial charge in [0.25, 0.3) is 0 Å². The summed E-state index contributed by atoms with van der Waals surface area (Å²) in [5.41, 5.74) is 15.3. The van der Waals surface area contributed by atoms with Crippen LogP contribution in [0.3, 0.4) is 0 Å². The van der Waals surface area contributed by atoms with Gasteiger partial charge >= 0.3 is 275 Å². The molecule has 0 aliphatic rings. The Morgan fingerprint density at radius 1 is 0.636 bits per heavy atom. The molecule has 4 nitrogen and oxygen atoms in total. The van der Waals surface area contributed by atoms with E-state index in [0.29, 0.717) is 4.90 Å². The van der Waals surface area contributed by atoms with Crippen molar-refractivity contribution < 1.29 is 25.8 Å². The monoisotopic (exact) mass is 698 g/mol. The Balaban J connectivity index is 2.09. The van der Waals surface area contributed by atoms with Crippen LogP contribution in [0.1, 0.15) is 116 Å². The van der Waals surface area contributed by atoms with E-state index in [1.165, 1.54) is 11.1 Å². The van der Waals surface area contributed by atoms with Crippen molar-refractivity contribution in [2.75, 3.05) is 0 Å². The van der Waals surface area contributed by atoms with Crippen molar-refractivity contribution in [2.24, 2.45) is 5.73 Å². The van der Waals surface area contributed by atoms with Crippen molar-refractivity contribution in [3.05, 3.63) is 129 Å². The Bertz CT molecular complexity index is 1630. The van der Waals surface area contributed by atoms with E-state index in [0.717, 1.165) is 37.5 Å². The van der Waals surface area contributed by atoms with Crippen LogP contribution in [0.25, 0.3) is 0 Å². The molecule has 2 atom stereocenters. The molecule has 4 aromatic carbocycles. The van der Waals surface area contributed by atoms with E-state index in [1.807, 2.05) is 60.7 Å². The molecule has 236 valence electrons. The minimum atomic E-state index is -4.04. The molecule has 0 aromatic heterocycles. The molecule has 4 aromatic rings. The number of rotatable bonds is 11. The molecule has 44 heavy (non-hydrogen) atoms. The van der Waals surface area contributed by atoms with Crippen LogP contribution in [0, 0.1) is 20.8 Å². The summed E-state index contributed by atoms with van der Waals surface area (Å²) in [5.74, 6) is 0.328. The van der Waals surface area contributed by atoms with E-state index >= 15 is 8.42 Å². The fraction of sp³-hybridized carbons (Fsp3) is 0.368. The number of nitrogens with zero attached hydrogens (tertiary/aromatic N) is 1. The predicted octanol–water partition coefficient (Wildman–Crippen LogP) is 8.74. The van der Waals surface area contributed by atoms with Gasteiger partial charge in [-0.1, -0.05) is 0 Å². The standard InChI is InChI=1S/C29H37N2O2S.C9H11.Ru/c1-19(2)24-17-25(20(3)4)29(26(18-24)21(5)6)34(32,33)31-28(23-15-11-8-12-16-23)27(30)22-13-9-7-10-14-22;1-7-4-8(2)6-9(3)5-7;/h7-21,27-28H,30H2,1-6H3;4-5H,1-3H3;/q-1;;+1. The van der Waals surface area contributed by atoms with Crippen LogP contribution < -0.4 is 9.89 Å². The maximum atomic E-state index is 15.6. The molecular weight excluding hydrogens is 650 g/mol. The van der Waals surface area contributed by atoms with Crippen LogP contribution in [0.15, 0.2) is 89.8 Å². The Labute approximate surface area is 274 Å². The van der Waals surface area contributed by atoms with E-state index in [9.17, 15) is 0 Å². The quantitative estimate of drug-likeness (QED) is 0.160. The average Bonchev–Trinajstić information content (AvgIpc) is 2.98. The summed E-state index contributed by atoms with van der Waals surface area (Å²) in [4.78, 5) is 0.449. The van der Waals surface area contributed by atoms with E-state index in [1.54, 1.807) is 3.05 Å². The van der Waals surface area contributed by atoms with Gasteiger partial charge in [0, 0.05) is 0 Å². The molecular formula is C38H48N2O2RuS. The molecule has 0 saturated carbocycles. The van der Waals surface area contributed by atoms with Gasteiger partial charge in [-0.15, -0.1) is 0 Å². The van der Waals surface area contributed by atoms with Gasteiger partial charge in [0.05, 0.1) is 0 Å². The van der Waals surface area contributed by atoms with Crippen LogP contribution in [0.5, 0.6) is 0 Å². The maximum absolute atomic E-state index is 15.6. The minimum absolute atomic E-state index is 0.0226. The van der Waals surface area contributed by atoms with Crippen LogP contribution in [-0.4, -0.2) is 11.5 Å². The first-order valence-electron chi connectivity index (χ1n) is 15.5. The van der Waals surface area contributed by atoms with Crippen LogP contribution >= 0.6 is 0 Å². The number of nitrogens with two attached hydrogens (primary N) is 1. The van der Waals surface area contributed by atoms with E-state index in [4.69, 9.17) is 5.73 Å². The topological polar surface area (TPSA) is 63.4 Å². The van der Waals surface area contributed by atoms with E-state index in [-0.39, 0.29) is 17.8 Å². The summed E-state index contributed by atoms with van der Waals surface area (Å²) >= 11 is -0.963. The molecule has 2 N–H and O–H groups in total. The molecule has 0 spiro atoms. The van der Waals surface area contributed by atoms with Gasteiger partial charge in [0.1, 0.15) is 0 Å². The first-order chi connectivity index (χ1) is 20.7. The first kappa shape index (κ1) is 34.3. The molecule has 0 aliphatic heterocycles. The fourth-order valence-corrected chi connectivity index (χ4v) is 11.3. The van der Waals surface area contributed by atoms with Gasteiger partial charge in [0.2, 0.25) is 0 Å². The third kappa shape index (κ3) is 7.26. The Morgan fingerprint density at radius 3 is 1.52 bits per heavy atom. The third-order valence-electron chi connectivity index (χ3n) is 8.16. The average molecular weight is 698 g/mol. The summed E-state index contributed by atoms with van der Waals surface area (Å²) in [7, 11) is -4.04. The van der Waals surface area contributed by atoms with Gasteiger partial charge in [-0.3, -0.25) is 0 Å². The molecule has 0 aliphatic carbocycles. The SMILES string of the molecule is Cc1cc(C)[c]([Ru][N](C(c2ccccc2)C(N)c2ccccc2)S(=O)(=O)c2c(C(C)C)cc(C(C)C)cc2C(C)C)c(C)c1. The Hall–Kier alpha value is -2.63. The van der Waals surface area contributed by atoms with Gasteiger partial charge in [-0.05, 0) is 0 Å². The van der Waals surface area contributed by atoms with Crippen molar-refractivity contribution in [3.8, 4) is 0 Å². The van der Waals surface area contributed by atoms with Gasteiger partial charge < -0.3 is 0 Å². The predicted molar refractivity (Wildman–Crippen MR) is 181 cm³/mol. The zero-order valence-corrected chi connectivity index (χ0v) is 30.1. The van der Waals surface area contributed by atoms with Gasteiger partial charge in [0.15, 0.2) is 0 Å².